The van der Waals surface area contributed by atoms with Crippen LogP contribution in [0.2, 0.25) is 0 Å². The number of sulfonamides is 1. The van der Waals surface area contributed by atoms with Crippen molar-refractivity contribution in [1.82, 2.24) is 15.0 Å². The smallest absolute Gasteiger partial charge is 0.242 e. The number of thiazole rings is 1. The van der Waals surface area contributed by atoms with Crippen molar-refractivity contribution in [2.75, 3.05) is 6.54 Å². The zero-order valence-electron chi connectivity index (χ0n) is 12.0. The van der Waals surface area contributed by atoms with Crippen molar-refractivity contribution < 1.29 is 8.42 Å². The average molecular weight is 346 g/mol. The van der Waals surface area contributed by atoms with Crippen LogP contribution in [0.3, 0.4) is 0 Å². The third-order valence-corrected chi connectivity index (χ3v) is 6.45. The van der Waals surface area contributed by atoms with Gasteiger partial charge in [0.05, 0.1) is 16.1 Å². The van der Waals surface area contributed by atoms with E-state index in [0.29, 0.717) is 11.4 Å². The Morgan fingerprint density at radius 2 is 2.05 bits per heavy atom. The standard InChI is InChI=1S/C13H19N3O2S3/c1-3-5-14-7-12-13(4-6-19-12)21(17,18)16-8-11-10(2)15-9-20-11/h4,6,9,14,16H,3,5,7-8H2,1-2H3. The Labute approximate surface area is 133 Å². The monoisotopic (exact) mass is 345 g/mol. The molecule has 0 saturated heterocycles. The molecule has 21 heavy (non-hydrogen) atoms. The van der Waals surface area contributed by atoms with Crippen molar-refractivity contribution in [2.24, 2.45) is 0 Å². The largest absolute Gasteiger partial charge is 0.312 e. The van der Waals surface area contributed by atoms with Crippen LogP contribution in [-0.2, 0) is 23.1 Å². The lowest BCUT2D eigenvalue weighted by Gasteiger charge is -2.08. The van der Waals surface area contributed by atoms with Crippen LogP contribution < -0.4 is 10.0 Å². The van der Waals surface area contributed by atoms with Crippen LogP contribution in [0.4, 0.5) is 0 Å². The van der Waals surface area contributed by atoms with Crippen molar-refractivity contribution >= 4 is 32.7 Å². The highest BCUT2D eigenvalue weighted by Gasteiger charge is 2.19. The zero-order valence-corrected chi connectivity index (χ0v) is 14.5. The number of thiophene rings is 1. The zero-order chi connectivity index (χ0) is 15.3. The van der Waals surface area contributed by atoms with Gasteiger partial charge < -0.3 is 5.32 Å². The molecule has 0 saturated carbocycles. The SMILES string of the molecule is CCCNCc1sccc1S(=O)(=O)NCc1scnc1C. The molecule has 0 amide bonds. The number of nitrogens with one attached hydrogen (secondary N) is 2. The van der Waals surface area contributed by atoms with Gasteiger partial charge >= 0.3 is 0 Å². The van der Waals surface area contributed by atoms with Crippen LogP contribution in [0.1, 0.15) is 28.8 Å². The quantitative estimate of drug-likeness (QED) is 0.721. The van der Waals surface area contributed by atoms with Gasteiger partial charge in [0.15, 0.2) is 0 Å². The Bertz CT molecular complexity index is 676. The number of aromatic nitrogens is 1. The van der Waals surface area contributed by atoms with E-state index >= 15 is 0 Å². The second-order valence-corrected chi connectivity index (χ2v) is 8.25. The fraction of sp³-hybridized carbons (Fsp3) is 0.462. The van der Waals surface area contributed by atoms with Gasteiger partial charge in [0.25, 0.3) is 0 Å². The summed E-state index contributed by atoms with van der Waals surface area (Å²) in [4.78, 5) is 6.29. The summed E-state index contributed by atoms with van der Waals surface area (Å²) in [5.41, 5.74) is 2.60. The van der Waals surface area contributed by atoms with Crippen LogP contribution in [0.25, 0.3) is 0 Å². The lowest BCUT2D eigenvalue weighted by atomic mass is 10.4. The van der Waals surface area contributed by atoms with Gasteiger partial charge in [0.2, 0.25) is 10.0 Å². The normalized spacial score (nSPS) is 11.9. The predicted molar refractivity (Wildman–Crippen MR) is 87.2 cm³/mol. The molecule has 2 aromatic rings. The van der Waals surface area contributed by atoms with Crippen molar-refractivity contribution in [1.29, 1.82) is 0 Å². The topological polar surface area (TPSA) is 71.1 Å². The third-order valence-electron chi connectivity index (χ3n) is 2.97. The number of rotatable bonds is 8. The first-order chi connectivity index (χ1) is 10.0. The van der Waals surface area contributed by atoms with Crippen LogP contribution in [0, 0.1) is 6.92 Å². The Hall–Kier alpha value is -0.800. The van der Waals surface area contributed by atoms with E-state index in [9.17, 15) is 8.42 Å². The highest BCUT2D eigenvalue weighted by molar-refractivity contribution is 7.89. The molecule has 2 N–H and O–H groups in total. The van der Waals surface area contributed by atoms with E-state index in [1.54, 1.807) is 11.6 Å². The molecular formula is C13H19N3O2S3. The van der Waals surface area contributed by atoms with Gasteiger partial charge in [-0.3, -0.25) is 0 Å². The number of hydrogen-bond donors (Lipinski definition) is 2. The summed E-state index contributed by atoms with van der Waals surface area (Å²) in [5.74, 6) is 0. The molecule has 2 heterocycles. The number of hydrogen-bond acceptors (Lipinski definition) is 6. The highest BCUT2D eigenvalue weighted by atomic mass is 32.2. The molecule has 8 heteroatoms. The molecule has 0 fully saturated rings. The van der Waals surface area contributed by atoms with Gasteiger partial charge in [0.1, 0.15) is 0 Å². The molecule has 0 aromatic carbocycles. The maximum atomic E-state index is 12.4. The molecule has 0 aliphatic carbocycles. The Balaban J connectivity index is 2.05. The molecule has 0 radical (unpaired) electrons. The molecule has 0 spiro atoms. The average Bonchev–Trinajstić information content (AvgIpc) is 3.06. The summed E-state index contributed by atoms with van der Waals surface area (Å²) in [6, 6.07) is 1.66. The summed E-state index contributed by atoms with van der Waals surface area (Å²) in [5, 5.41) is 5.05. The van der Waals surface area contributed by atoms with Crippen molar-refractivity contribution in [2.45, 2.75) is 38.3 Å². The van der Waals surface area contributed by atoms with E-state index in [1.807, 2.05) is 12.3 Å². The summed E-state index contributed by atoms with van der Waals surface area (Å²) in [7, 11) is -3.48. The Morgan fingerprint density at radius 3 is 2.71 bits per heavy atom. The maximum absolute atomic E-state index is 12.4. The Kier molecular flexibility index (Phi) is 5.88. The molecule has 116 valence electrons. The molecule has 2 aromatic heterocycles. The predicted octanol–water partition coefficient (Wildman–Crippen LogP) is 2.49. The van der Waals surface area contributed by atoms with E-state index < -0.39 is 10.0 Å². The summed E-state index contributed by atoms with van der Waals surface area (Å²) in [6.07, 6.45) is 1.02. The van der Waals surface area contributed by atoms with Crippen molar-refractivity contribution in [3.8, 4) is 0 Å². The lowest BCUT2D eigenvalue weighted by Crippen LogP contribution is -2.24. The number of nitrogens with zero attached hydrogens (tertiary/aromatic N) is 1. The molecule has 0 aliphatic rings. The molecular weight excluding hydrogens is 326 g/mol. The van der Waals surface area contributed by atoms with E-state index in [4.69, 9.17) is 0 Å². The van der Waals surface area contributed by atoms with Gasteiger partial charge in [-0.2, -0.15) is 0 Å². The van der Waals surface area contributed by atoms with Crippen molar-refractivity contribution in [3.05, 3.63) is 32.4 Å². The minimum absolute atomic E-state index is 0.288. The second-order valence-electron chi connectivity index (χ2n) is 4.57. The summed E-state index contributed by atoms with van der Waals surface area (Å²) in [6.45, 7) is 5.71. The fourth-order valence-electron chi connectivity index (χ4n) is 1.81. The maximum Gasteiger partial charge on any atom is 0.242 e. The fourth-order valence-corrected chi connectivity index (χ4v) is 5.02. The number of aryl methyl sites for hydroxylation is 1. The minimum atomic E-state index is -3.48. The third kappa shape index (κ3) is 4.33. The second kappa shape index (κ2) is 7.46. The van der Waals surface area contributed by atoms with Gasteiger partial charge in [0, 0.05) is 22.8 Å². The van der Waals surface area contributed by atoms with E-state index in [1.165, 1.54) is 22.7 Å². The minimum Gasteiger partial charge on any atom is -0.312 e. The molecule has 5 nitrogen and oxygen atoms in total. The molecule has 0 atom stereocenters. The van der Waals surface area contributed by atoms with Gasteiger partial charge in [-0.15, -0.1) is 22.7 Å². The molecule has 2 rings (SSSR count). The van der Waals surface area contributed by atoms with Crippen LogP contribution in [0.5, 0.6) is 0 Å². The van der Waals surface area contributed by atoms with Crippen LogP contribution >= 0.6 is 22.7 Å². The van der Waals surface area contributed by atoms with Gasteiger partial charge in [-0.25, -0.2) is 18.1 Å². The van der Waals surface area contributed by atoms with E-state index in [2.05, 4.69) is 21.9 Å². The van der Waals surface area contributed by atoms with E-state index in [0.717, 1.165) is 28.4 Å². The van der Waals surface area contributed by atoms with Gasteiger partial charge in [-0.1, -0.05) is 6.92 Å². The van der Waals surface area contributed by atoms with Crippen molar-refractivity contribution in [3.63, 3.8) is 0 Å². The van der Waals surface area contributed by atoms with E-state index in [-0.39, 0.29) is 6.54 Å². The first-order valence-corrected chi connectivity index (χ1v) is 9.94. The Morgan fingerprint density at radius 1 is 1.24 bits per heavy atom. The summed E-state index contributed by atoms with van der Waals surface area (Å²) >= 11 is 2.92. The highest BCUT2D eigenvalue weighted by Crippen LogP contribution is 2.22. The summed E-state index contributed by atoms with van der Waals surface area (Å²) < 4.78 is 27.5. The van der Waals surface area contributed by atoms with Crippen LogP contribution in [0.15, 0.2) is 21.9 Å². The first-order valence-electron chi connectivity index (χ1n) is 6.70. The molecule has 0 bridgehead atoms. The lowest BCUT2D eigenvalue weighted by molar-refractivity contribution is 0.579. The van der Waals surface area contributed by atoms with Crippen LogP contribution in [-0.4, -0.2) is 19.9 Å². The molecule has 0 unspecified atom stereocenters. The first kappa shape index (κ1) is 16.6. The van der Waals surface area contributed by atoms with Gasteiger partial charge in [-0.05, 0) is 31.3 Å². The molecule has 0 aliphatic heterocycles.